The molecule has 3 nitrogen and oxygen atoms in total. The maximum absolute atomic E-state index is 14.0. The molecule has 2 aromatic carbocycles. The van der Waals surface area contributed by atoms with Gasteiger partial charge in [0.1, 0.15) is 5.82 Å². The molecule has 3 rings (SSSR count). The van der Waals surface area contributed by atoms with Gasteiger partial charge in [-0.1, -0.05) is 29.4 Å². The van der Waals surface area contributed by atoms with Crippen LogP contribution in [-0.4, -0.2) is 11.0 Å². The van der Waals surface area contributed by atoms with Gasteiger partial charge in [-0.3, -0.25) is 4.79 Å². The number of hydrogen-bond donors (Lipinski definition) is 2. The molecule has 1 atom stereocenters. The number of hydrogen-bond acceptors (Lipinski definition) is 3. The van der Waals surface area contributed by atoms with Gasteiger partial charge in [0.05, 0.1) is 4.90 Å². The molecule has 1 aliphatic rings. The maximum Gasteiger partial charge on any atom is 0.257 e. The van der Waals surface area contributed by atoms with Gasteiger partial charge in [-0.15, -0.1) is 0 Å². The van der Waals surface area contributed by atoms with Crippen LogP contribution in [0, 0.1) is 5.82 Å². The van der Waals surface area contributed by atoms with Crippen molar-refractivity contribution in [3.63, 3.8) is 0 Å². The predicted molar refractivity (Wildman–Crippen MR) is 75.6 cm³/mol. The molecule has 1 unspecified atom stereocenters. The molecule has 2 N–H and O–H groups in total. The predicted octanol–water partition coefficient (Wildman–Crippen LogP) is 3.62. The number of nitrogens with one attached hydrogen (secondary N) is 1. The lowest BCUT2D eigenvalue weighted by atomic mass is 10.1. The highest BCUT2D eigenvalue weighted by molar-refractivity contribution is 7.99. The van der Waals surface area contributed by atoms with E-state index in [1.807, 2.05) is 6.07 Å². The van der Waals surface area contributed by atoms with Gasteiger partial charge in [0, 0.05) is 21.2 Å². The van der Waals surface area contributed by atoms with E-state index < -0.39 is 17.8 Å². The van der Waals surface area contributed by atoms with E-state index in [4.69, 9.17) is 11.6 Å². The van der Waals surface area contributed by atoms with Crippen molar-refractivity contribution in [3.8, 4) is 0 Å². The highest BCUT2D eigenvalue weighted by Crippen LogP contribution is 2.38. The number of amides is 1. The van der Waals surface area contributed by atoms with Crippen molar-refractivity contribution >= 4 is 35.0 Å². The second-order valence-electron chi connectivity index (χ2n) is 4.32. The SMILES string of the molecule is O=C1Nc2cc(Sc3cccc(Cl)c3)c(F)cc2C1O. The fraction of sp³-hybridized carbons (Fsp3) is 0.0714. The Labute approximate surface area is 123 Å². The van der Waals surface area contributed by atoms with Gasteiger partial charge in [-0.2, -0.15) is 0 Å². The van der Waals surface area contributed by atoms with Crippen LogP contribution in [-0.2, 0) is 4.79 Å². The first kappa shape index (κ1) is 13.4. The highest BCUT2D eigenvalue weighted by Gasteiger charge is 2.29. The molecule has 1 amide bonds. The summed E-state index contributed by atoms with van der Waals surface area (Å²) in [5.41, 5.74) is 0.705. The molecule has 20 heavy (non-hydrogen) atoms. The number of halogens is 2. The quantitative estimate of drug-likeness (QED) is 0.891. The Hall–Kier alpha value is -1.56. The number of aliphatic hydroxyl groups excluding tert-OH is 1. The molecule has 6 heteroatoms. The number of aliphatic hydroxyl groups is 1. The summed E-state index contributed by atoms with van der Waals surface area (Å²) in [6.07, 6.45) is -1.30. The standard InChI is InChI=1S/C14H9ClFNO2S/c15-7-2-1-3-8(4-7)20-12-6-11-9(5-10(12)16)13(18)14(19)17-11/h1-6,13,18H,(H,17,19). The molecule has 0 bridgehead atoms. The van der Waals surface area contributed by atoms with E-state index >= 15 is 0 Å². The van der Waals surface area contributed by atoms with Crippen LogP contribution in [0.3, 0.4) is 0 Å². The zero-order valence-electron chi connectivity index (χ0n) is 10.1. The summed E-state index contributed by atoms with van der Waals surface area (Å²) >= 11 is 7.09. The molecule has 0 saturated heterocycles. The van der Waals surface area contributed by atoms with Gasteiger partial charge in [0.25, 0.3) is 5.91 Å². The Morgan fingerprint density at radius 1 is 1.30 bits per heavy atom. The summed E-state index contributed by atoms with van der Waals surface area (Å²) in [4.78, 5) is 12.5. The van der Waals surface area contributed by atoms with Crippen LogP contribution < -0.4 is 5.32 Å². The minimum absolute atomic E-state index is 0.267. The van der Waals surface area contributed by atoms with Crippen molar-refractivity contribution in [2.24, 2.45) is 0 Å². The van der Waals surface area contributed by atoms with Crippen LogP contribution in [0.25, 0.3) is 0 Å². The van der Waals surface area contributed by atoms with E-state index in [0.29, 0.717) is 15.6 Å². The highest BCUT2D eigenvalue weighted by atomic mass is 35.5. The normalized spacial score (nSPS) is 16.9. The first-order valence-corrected chi connectivity index (χ1v) is 7.00. The van der Waals surface area contributed by atoms with Crippen LogP contribution in [0.2, 0.25) is 5.02 Å². The molecule has 0 spiro atoms. The Morgan fingerprint density at radius 2 is 2.10 bits per heavy atom. The lowest BCUT2D eigenvalue weighted by molar-refractivity contribution is -0.123. The topological polar surface area (TPSA) is 49.3 Å². The smallest absolute Gasteiger partial charge is 0.257 e. The third kappa shape index (κ3) is 2.40. The van der Waals surface area contributed by atoms with E-state index in [-0.39, 0.29) is 5.56 Å². The number of anilines is 1. The summed E-state index contributed by atoms with van der Waals surface area (Å²) in [5, 5.41) is 12.7. The van der Waals surface area contributed by atoms with Crippen molar-refractivity contribution in [1.29, 1.82) is 0 Å². The van der Waals surface area contributed by atoms with E-state index in [2.05, 4.69) is 5.32 Å². The van der Waals surface area contributed by atoms with Crippen LogP contribution in [0.15, 0.2) is 46.2 Å². The Bertz CT molecular complexity index is 708. The third-order valence-corrected chi connectivity index (χ3v) is 4.19. The van der Waals surface area contributed by atoms with Gasteiger partial charge < -0.3 is 10.4 Å². The Morgan fingerprint density at radius 3 is 2.85 bits per heavy atom. The summed E-state index contributed by atoms with van der Waals surface area (Å²) in [7, 11) is 0. The van der Waals surface area contributed by atoms with Gasteiger partial charge in [-0.25, -0.2) is 4.39 Å². The van der Waals surface area contributed by atoms with Crippen LogP contribution in [0.4, 0.5) is 10.1 Å². The Kier molecular flexibility index (Phi) is 3.41. The average molecular weight is 310 g/mol. The lowest BCUT2D eigenvalue weighted by Gasteiger charge is -2.07. The van der Waals surface area contributed by atoms with Gasteiger partial charge in [0.2, 0.25) is 0 Å². The van der Waals surface area contributed by atoms with Crippen LogP contribution in [0.1, 0.15) is 11.7 Å². The molecule has 0 aliphatic carbocycles. The molecule has 2 aromatic rings. The third-order valence-electron chi connectivity index (χ3n) is 2.93. The lowest BCUT2D eigenvalue weighted by Crippen LogP contribution is -2.10. The number of fused-ring (bicyclic) bond motifs is 1. The molecule has 0 fully saturated rings. The van der Waals surface area contributed by atoms with Crippen molar-refractivity contribution in [1.82, 2.24) is 0 Å². The number of carbonyl (C=O) groups excluding carboxylic acids is 1. The molecule has 102 valence electrons. The monoisotopic (exact) mass is 309 g/mol. The summed E-state index contributed by atoms with van der Waals surface area (Å²) < 4.78 is 14.0. The number of carbonyl (C=O) groups is 1. The number of benzene rings is 2. The molecule has 0 aromatic heterocycles. The summed E-state index contributed by atoms with van der Waals surface area (Å²) in [6, 6.07) is 9.76. The zero-order chi connectivity index (χ0) is 14.3. The van der Waals surface area contributed by atoms with Crippen molar-refractivity contribution in [2.45, 2.75) is 15.9 Å². The zero-order valence-corrected chi connectivity index (χ0v) is 11.6. The first-order chi connectivity index (χ1) is 9.54. The van der Waals surface area contributed by atoms with E-state index in [1.54, 1.807) is 18.2 Å². The van der Waals surface area contributed by atoms with Gasteiger partial charge in [0.15, 0.2) is 6.10 Å². The second kappa shape index (κ2) is 5.09. The van der Waals surface area contributed by atoms with E-state index in [1.165, 1.54) is 23.9 Å². The second-order valence-corrected chi connectivity index (χ2v) is 5.87. The van der Waals surface area contributed by atoms with Gasteiger partial charge >= 0.3 is 0 Å². The van der Waals surface area contributed by atoms with Crippen LogP contribution in [0.5, 0.6) is 0 Å². The molecule has 1 heterocycles. The molecule has 1 aliphatic heterocycles. The minimum Gasteiger partial charge on any atom is -0.378 e. The summed E-state index contributed by atoms with van der Waals surface area (Å²) in [6.45, 7) is 0. The van der Waals surface area contributed by atoms with Crippen LogP contribution >= 0.6 is 23.4 Å². The first-order valence-electron chi connectivity index (χ1n) is 5.80. The average Bonchev–Trinajstić information content (AvgIpc) is 2.66. The largest absolute Gasteiger partial charge is 0.378 e. The fourth-order valence-electron chi connectivity index (χ4n) is 1.98. The van der Waals surface area contributed by atoms with E-state index in [9.17, 15) is 14.3 Å². The summed E-state index contributed by atoms with van der Waals surface area (Å²) in [5.74, 6) is -1.02. The minimum atomic E-state index is -1.30. The number of rotatable bonds is 2. The molecule has 0 saturated carbocycles. The van der Waals surface area contributed by atoms with Gasteiger partial charge in [-0.05, 0) is 30.3 Å². The molecule has 0 radical (unpaired) electrons. The van der Waals surface area contributed by atoms with Crippen molar-refractivity contribution in [2.75, 3.05) is 5.32 Å². The molecular weight excluding hydrogens is 301 g/mol. The maximum atomic E-state index is 14.0. The van der Waals surface area contributed by atoms with Crippen molar-refractivity contribution < 1.29 is 14.3 Å². The molecular formula is C14H9ClFNO2S. The fourth-order valence-corrected chi connectivity index (χ4v) is 3.16. The van der Waals surface area contributed by atoms with E-state index in [0.717, 1.165) is 4.90 Å². The Balaban J connectivity index is 1.96. The van der Waals surface area contributed by atoms with Crippen molar-refractivity contribution in [3.05, 3.63) is 52.8 Å².